The van der Waals surface area contributed by atoms with Crippen LogP contribution in [0.3, 0.4) is 0 Å². The average Bonchev–Trinajstić information content (AvgIpc) is 2.25. The molecule has 0 amide bonds. The SMILES string of the molecule is C=C(CCCC)C1CCCCN1C(=C)C. The summed E-state index contributed by atoms with van der Waals surface area (Å²) < 4.78 is 0. The van der Waals surface area contributed by atoms with Crippen molar-refractivity contribution < 1.29 is 0 Å². The number of allylic oxidation sites excluding steroid dienone is 1. The van der Waals surface area contributed by atoms with E-state index in [4.69, 9.17) is 0 Å². The molecule has 0 aliphatic carbocycles. The quantitative estimate of drug-likeness (QED) is 0.613. The van der Waals surface area contributed by atoms with E-state index in [1.54, 1.807) is 0 Å². The van der Waals surface area contributed by atoms with Crippen molar-refractivity contribution in [2.45, 2.75) is 58.4 Å². The summed E-state index contributed by atoms with van der Waals surface area (Å²) in [6, 6.07) is 0.572. The van der Waals surface area contributed by atoms with E-state index in [9.17, 15) is 0 Å². The Hall–Kier alpha value is -0.720. The molecule has 0 radical (unpaired) electrons. The van der Waals surface area contributed by atoms with E-state index >= 15 is 0 Å². The van der Waals surface area contributed by atoms with Crippen LogP contribution in [0.25, 0.3) is 0 Å². The van der Waals surface area contributed by atoms with Gasteiger partial charge in [0, 0.05) is 18.3 Å². The third kappa shape index (κ3) is 3.40. The van der Waals surface area contributed by atoms with Gasteiger partial charge in [0.05, 0.1) is 0 Å². The van der Waals surface area contributed by atoms with Gasteiger partial charge in [0.15, 0.2) is 0 Å². The molecule has 1 unspecified atom stereocenters. The van der Waals surface area contributed by atoms with Gasteiger partial charge < -0.3 is 4.90 Å². The topological polar surface area (TPSA) is 3.24 Å². The summed E-state index contributed by atoms with van der Waals surface area (Å²) in [6.07, 6.45) is 7.66. The number of unbranched alkanes of at least 4 members (excludes halogenated alkanes) is 1. The Labute approximate surface area is 94.9 Å². The molecule has 0 N–H and O–H groups in total. The van der Waals surface area contributed by atoms with E-state index in [0.29, 0.717) is 6.04 Å². The minimum Gasteiger partial charge on any atom is -0.369 e. The molecule has 1 aliphatic rings. The summed E-state index contributed by atoms with van der Waals surface area (Å²) >= 11 is 0. The molecule has 1 rings (SSSR count). The number of rotatable bonds is 5. The van der Waals surface area contributed by atoms with Crippen LogP contribution < -0.4 is 0 Å². The molecule has 1 aliphatic heterocycles. The van der Waals surface area contributed by atoms with Crippen molar-refractivity contribution in [1.82, 2.24) is 4.90 Å². The van der Waals surface area contributed by atoms with Gasteiger partial charge in [0.25, 0.3) is 0 Å². The zero-order valence-electron chi connectivity index (χ0n) is 10.4. The monoisotopic (exact) mass is 207 g/mol. The Morgan fingerprint density at radius 3 is 2.67 bits per heavy atom. The second kappa shape index (κ2) is 5.99. The lowest BCUT2D eigenvalue weighted by molar-refractivity contribution is 0.219. The molecule has 0 aromatic heterocycles. The van der Waals surface area contributed by atoms with Gasteiger partial charge in [-0.25, -0.2) is 0 Å². The second-order valence-electron chi connectivity index (χ2n) is 4.70. The predicted molar refractivity (Wildman–Crippen MR) is 67.8 cm³/mol. The highest BCUT2D eigenvalue weighted by Gasteiger charge is 2.23. The third-order valence-electron chi connectivity index (χ3n) is 3.32. The van der Waals surface area contributed by atoms with Crippen molar-refractivity contribution in [3.8, 4) is 0 Å². The van der Waals surface area contributed by atoms with Crippen LogP contribution in [0.4, 0.5) is 0 Å². The van der Waals surface area contributed by atoms with E-state index in [0.717, 1.165) is 0 Å². The number of nitrogens with zero attached hydrogens (tertiary/aromatic N) is 1. The van der Waals surface area contributed by atoms with Crippen LogP contribution in [0.1, 0.15) is 52.4 Å². The van der Waals surface area contributed by atoms with Gasteiger partial charge in [0.1, 0.15) is 0 Å². The van der Waals surface area contributed by atoms with Crippen LogP contribution in [0.15, 0.2) is 24.4 Å². The Balaban J connectivity index is 2.55. The highest BCUT2D eigenvalue weighted by molar-refractivity contribution is 5.11. The fraction of sp³-hybridized carbons (Fsp3) is 0.714. The molecule has 0 aromatic rings. The fourth-order valence-corrected chi connectivity index (χ4v) is 2.38. The number of hydrogen-bond acceptors (Lipinski definition) is 1. The lowest BCUT2D eigenvalue weighted by Crippen LogP contribution is -2.38. The van der Waals surface area contributed by atoms with Crippen LogP contribution >= 0.6 is 0 Å². The lowest BCUT2D eigenvalue weighted by atomic mass is 9.92. The molecule has 0 aromatic carbocycles. The van der Waals surface area contributed by atoms with Crippen molar-refractivity contribution in [2.24, 2.45) is 0 Å². The number of likely N-dealkylation sites (tertiary alicyclic amines) is 1. The largest absolute Gasteiger partial charge is 0.369 e. The van der Waals surface area contributed by atoms with E-state index < -0.39 is 0 Å². The number of piperidine rings is 1. The second-order valence-corrected chi connectivity index (χ2v) is 4.70. The molecule has 1 heteroatoms. The zero-order valence-corrected chi connectivity index (χ0v) is 10.4. The summed E-state index contributed by atoms with van der Waals surface area (Å²) in [5.41, 5.74) is 2.62. The Morgan fingerprint density at radius 2 is 2.07 bits per heavy atom. The molecule has 1 nitrogen and oxygen atoms in total. The summed E-state index contributed by atoms with van der Waals surface area (Å²) in [6.45, 7) is 13.9. The summed E-state index contributed by atoms with van der Waals surface area (Å²) in [7, 11) is 0. The molecule has 0 saturated carbocycles. The van der Waals surface area contributed by atoms with Gasteiger partial charge in [-0.15, -0.1) is 0 Å². The molecule has 1 atom stereocenters. The first kappa shape index (κ1) is 12.4. The fourth-order valence-electron chi connectivity index (χ4n) is 2.38. The van der Waals surface area contributed by atoms with Crippen LogP contribution in [-0.2, 0) is 0 Å². The zero-order chi connectivity index (χ0) is 11.3. The normalized spacial score (nSPS) is 21.5. The Kier molecular flexibility index (Phi) is 4.93. The minimum atomic E-state index is 0.572. The molecular weight excluding hydrogens is 182 g/mol. The molecule has 1 heterocycles. The lowest BCUT2D eigenvalue weighted by Gasteiger charge is -2.39. The van der Waals surface area contributed by atoms with Crippen LogP contribution in [0, 0.1) is 0 Å². The van der Waals surface area contributed by atoms with E-state index in [1.807, 2.05) is 0 Å². The van der Waals surface area contributed by atoms with E-state index in [1.165, 1.54) is 56.3 Å². The summed E-state index contributed by atoms with van der Waals surface area (Å²) in [4.78, 5) is 2.45. The third-order valence-corrected chi connectivity index (χ3v) is 3.32. The maximum absolute atomic E-state index is 4.27. The Morgan fingerprint density at radius 1 is 1.33 bits per heavy atom. The van der Waals surface area contributed by atoms with E-state index in [2.05, 4.69) is 31.9 Å². The van der Waals surface area contributed by atoms with E-state index in [-0.39, 0.29) is 0 Å². The summed E-state index contributed by atoms with van der Waals surface area (Å²) in [5.74, 6) is 0. The maximum Gasteiger partial charge on any atom is 0.0496 e. The highest BCUT2D eigenvalue weighted by Crippen LogP contribution is 2.27. The van der Waals surface area contributed by atoms with Crippen molar-refractivity contribution in [2.75, 3.05) is 6.54 Å². The van der Waals surface area contributed by atoms with Gasteiger partial charge in [-0.3, -0.25) is 0 Å². The first-order chi connectivity index (χ1) is 7.16. The summed E-state index contributed by atoms with van der Waals surface area (Å²) in [5, 5.41) is 0. The van der Waals surface area contributed by atoms with Gasteiger partial charge in [-0.2, -0.15) is 0 Å². The molecule has 1 saturated heterocycles. The van der Waals surface area contributed by atoms with Gasteiger partial charge >= 0.3 is 0 Å². The van der Waals surface area contributed by atoms with Gasteiger partial charge in [0.2, 0.25) is 0 Å². The first-order valence-corrected chi connectivity index (χ1v) is 6.26. The first-order valence-electron chi connectivity index (χ1n) is 6.26. The average molecular weight is 207 g/mol. The standard InChI is InChI=1S/C14H25N/c1-5-6-9-13(4)14-10-7-8-11-15(14)12(2)3/h14H,2,4-11H2,1,3H3. The predicted octanol–water partition coefficient (Wildman–Crippen LogP) is 4.12. The molecule has 1 fully saturated rings. The molecule has 0 bridgehead atoms. The number of hydrogen-bond donors (Lipinski definition) is 0. The highest BCUT2D eigenvalue weighted by atomic mass is 15.2. The van der Waals surface area contributed by atoms with Crippen molar-refractivity contribution in [3.63, 3.8) is 0 Å². The molecule has 0 spiro atoms. The van der Waals surface area contributed by atoms with Crippen LogP contribution in [-0.4, -0.2) is 17.5 Å². The molecule has 86 valence electrons. The maximum atomic E-state index is 4.27. The molecular formula is C14H25N. The smallest absolute Gasteiger partial charge is 0.0496 e. The van der Waals surface area contributed by atoms with Crippen molar-refractivity contribution >= 4 is 0 Å². The van der Waals surface area contributed by atoms with Crippen LogP contribution in [0.5, 0.6) is 0 Å². The minimum absolute atomic E-state index is 0.572. The van der Waals surface area contributed by atoms with Crippen molar-refractivity contribution in [3.05, 3.63) is 24.4 Å². The van der Waals surface area contributed by atoms with Gasteiger partial charge in [-0.1, -0.05) is 32.1 Å². The van der Waals surface area contributed by atoms with Crippen LogP contribution in [0.2, 0.25) is 0 Å². The Bertz CT molecular complexity index is 229. The molecule has 15 heavy (non-hydrogen) atoms. The van der Waals surface area contributed by atoms with Gasteiger partial charge in [-0.05, 0) is 39.0 Å². The van der Waals surface area contributed by atoms with Crippen molar-refractivity contribution in [1.29, 1.82) is 0 Å².